The highest BCUT2D eigenvalue weighted by atomic mass is 35.5. The number of likely N-dealkylation sites (tertiary alicyclic amines) is 1. The van der Waals surface area contributed by atoms with E-state index in [9.17, 15) is 14.9 Å². The third kappa shape index (κ3) is 3.94. The molecule has 2 aromatic carbocycles. The number of para-hydroxylation sites is 2. The summed E-state index contributed by atoms with van der Waals surface area (Å²) in [5.74, 6) is 0.145. The summed E-state index contributed by atoms with van der Waals surface area (Å²) < 4.78 is 0. The molecule has 0 aromatic heterocycles. The molecule has 0 saturated carbocycles. The van der Waals surface area contributed by atoms with Crippen LogP contribution in [0.15, 0.2) is 48.5 Å². The molecule has 2 aliphatic heterocycles. The van der Waals surface area contributed by atoms with Crippen LogP contribution in [0.25, 0.3) is 0 Å². The van der Waals surface area contributed by atoms with Crippen LogP contribution in [0, 0.1) is 16.0 Å². The Hall–Kier alpha value is -2.60. The maximum Gasteiger partial charge on any atom is 0.292 e. The van der Waals surface area contributed by atoms with Crippen LogP contribution in [0.5, 0.6) is 0 Å². The predicted molar refractivity (Wildman–Crippen MR) is 113 cm³/mol. The van der Waals surface area contributed by atoms with Crippen molar-refractivity contribution >= 4 is 28.9 Å². The van der Waals surface area contributed by atoms with E-state index < -0.39 is 0 Å². The lowest BCUT2D eigenvalue weighted by Crippen LogP contribution is -2.42. The van der Waals surface area contributed by atoms with E-state index in [0.29, 0.717) is 36.6 Å². The molecule has 152 valence electrons. The van der Waals surface area contributed by atoms with Crippen molar-refractivity contribution < 1.29 is 9.72 Å². The van der Waals surface area contributed by atoms with Gasteiger partial charge in [0.2, 0.25) is 5.91 Å². The topological polar surface area (TPSA) is 66.7 Å². The van der Waals surface area contributed by atoms with Gasteiger partial charge in [0.05, 0.1) is 11.0 Å². The summed E-state index contributed by atoms with van der Waals surface area (Å²) in [6.45, 7) is 2.05. The van der Waals surface area contributed by atoms with Crippen molar-refractivity contribution in [3.05, 3.63) is 69.2 Å². The zero-order chi connectivity index (χ0) is 20.4. The molecular formula is C22H24ClN3O3. The highest BCUT2D eigenvalue weighted by molar-refractivity contribution is 6.31. The van der Waals surface area contributed by atoms with Gasteiger partial charge in [-0.25, -0.2) is 0 Å². The Bertz CT molecular complexity index is 912. The minimum Gasteiger partial charge on any atom is -0.366 e. The Morgan fingerprint density at radius 2 is 1.69 bits per heavy atom. The SMILES string of the molecule is O=C(C1CCN(c2ccccc2[N+](=O)[O-])CC1)N1CCC[C@@H]1c1ccccc1Cl. The van der Waals surface area contributed by atoms with E-state index in [1.807, 2.05) is 40.1 Å². The van der Waals surface area contributed by atoms with Crippen LogP contribution in [0.1, 0.15) is 37.3 Å². The monoisotopic (exact) mass is 413 g/mol. The van der Waals surface area contributed by atoms with Gasteiger partial charge in [-0.2, -0.15) is 0 Å². The van der Waals surface area contributed by atoms with Crippen LogP contribution >= 0.6 is 11.6 Å². The number of piperidine rings is 1. The standard InChI is InChI=1S/C22H24ClN3O3/c23-18-7-2-1-6-17(18)19-10-5-13-25(19)22(27)16-11-14-24(15-12-16)20-8-3-4-9-21(20)26(28)29/h1-4,6-9,16,19H,5,10-15H2/t19-/m1/s1. The minimum absolute atomic E-state index is 0.0443. The zero-order valence-corrected chi connectivity index (χ0v) is 16.9. The van der Waals surface area contributed by atoms with Crippen molar-refractivity contribution in [1.29, 1.82) is 0 Å². The Balaban J connectivity index is 1.44. The number of carbonyl (C=O) groups is 1. The van der Waals surface area contributed by atoms with Gasteiger partial charge < -0.3 is 9.80 Å². The van der Waals surface area contributed by atoms with Gasteiger partial charge in [0.1, 0.15) is 5.69 Å². The summed E-state index contributed by atoms with van der Waals surface area (Å²) in [4.78, 5) is 28.3. The largest absolute Gasteiger partial charge is 0.366 e. The molecule has 0 aliphatic carbocycles. The number of nitro groups is 1. The number of hydrogen-bond donors (Lipinski definition) is 0. The smallest absolute Gasteiger partial charge is 0.292 e. The van der Waals surface area contributed by atoms with E-state index in [-0.39, 0.29) is 28.5 Å². The van der Waals surface area contributed by atoms with Crippen LogP contribution in [-0.2, 0) is 4.79 Å². The van der Waals surface area contributed by atoms with Crippen LogP contribution in [-0.4, -0.2) is 35.4 Å². The van der Waals surface area contributed by atoms with Gasteiger partial charge in [-0.15, -0.1) is 0 Å². The Morgan fingerprint density at radius 3 is 2.41 bits per heavy atom. The zero-order valence-electron chi connectivity index (χ0n) is 16.2. The summed E-state index contributed by atoms with van der Waals surface area (Å²) in [6.07, 6.45) is 3.33. The Labute approximate surface area is 175 Å². The molecule has 2 aromatic rings. The molecule has 0 spiro atoms. The molecule has 0 bridgehead atoms. The summed E-state index contributed by atoms with van der Waals surface area (Å²) in [5.41, 5.74) is 1.78. The molecule has 1 amide bonds. The molecule has 2 fully saturated rings. The summed E-state index contributed by atoms with van der Waals surface area (Å²) in [6, 6.07) is 14.6. The lowest BCUT2D eigenvalue weighted by molar-refractivity contribution is -0.384. The fourth-order valence-corrected chi connectivity index (χ4v) is 4.85. The number of anilines is 1. The fourth-order valence-electron chi connectivity index (χ4n) is 4.59. The molecule has 4 rings (SSSR count). The first-order valence-corrected chi connectivity index (χ1v) is 10.5. The number of amides is 1. The van der Waals surface area contributed by atoms with Crippen molar-refractivity contribution in [2.45, 2.75) is 31.7 Å². The lowest BCUT2D eigenvalue weighted by Gasteiger charge is -2.36. The number of rotatable bonds is 4. The van der Waals surface area contributed by atoms with Crippen LogP contribution < -0.4 is 4.90 Å². The number of halogens is 1. The number of benzene rings is 2. The average Bonchev–Trinajstić information content (AvgIpc) is 3.23. The first kappa shape index (κ1) is 19.7. The molecule has 1 atom stereocenters. The second-order valence-electron chi connectivity index (χ2n) is 7.72. The summed E-state index contributed by atoms with van der Waals surface area (Å²) in [7, 11) is 0. The van der Waals surface area contributed by atoms with E-state index in [0.717, 1.165) is 24.9 Å². The van der Waals surface area contributed by atoms with Crippen molar-refractivity contribution in [2.24, 2.45) is 5.92 Å². The van der Waals surface area contributed by atoms with E-state index >= 15 is 0 Å². The van der Waals surface area contributed by atoms with E-state index in [1.165, 1.54) is 6.07 Å². The van der Waals surface area contributed by atoms with Crippen molar-refractivity contribution in [1.82, 2.24) is 4.90 Å². The quantitative estimate of drug-likeness (QED) is 0.532. The van der Waals surface area contributed by atoms with E-state index in [1.54, 1.807) is 12.1 Å². The molecule has 6 nitrogen and oxygen atoms in total. The molecule has 0 N–H and O–H groups in total. The number of carbonyl (C=O) groups excluding carboxylic acids is 1. The van der Waals surface area contributed by atoms with Crippen LogP contribution in [0.4, 0.5) is 11.4 Å². The first-order valence-electron chi connectivity index (χ1n) is 10.1. The van der Waals surface area contributed by atoms with Crippen molar-refractivity contribution in [2.75, 3.05) is 24.5 Å². The normalized spacial score (nSPS) is 20.1. The highest BCUT2D eigenvalue weighted by Gasteiger charge is 2.36. The lowest BCUT2D eigenvalue weighted by atomic mass is 9.93. The molecule has 29 heavy (non-hydrogen) atoms. The maximum absolute atomic E-state index is 13.3. The molecule has 0 radical (unpaired) electrons. The van der Waals surface area contributed by atoms with Gasteiger partial charge in [-0.05, 0) is 43.4 Å². The van der Waals surface area contributed by atoms with Gasteiger partial charge in [0.25, 0.3) is 5.69 Å². The van der Waals surface area contributed by atoms with Gasteiger partial charge in [-0.1, -0.05) is 41.9 Å². The van der Waals surface area contributed by atoms with Crippen LogP contribution in [0.2, 0.25) is 5.02 Å². The number of nitro benzene ring substituents is 1. The molecule has 7 heteroatoms. The third-order valence-corrected chi connectivity index (χ3v) is 6.41. The van der Waals surface area contributed by atoms with Gasteiger partial charge in [0.15, 0.2) is 0 Å². The second-order valence-corrected chi connectivity index (χ2v) is 8.13. The van der Waals surface area contributed by atoms with Gasteiger partial charge >= 0.3 is 0 Å². The van der Waals surface area contributed by atoms with Crippen molar-refractivity contribution in [3.8, 4) is 0 Å². The van der Waals surface area contributed by atoms with Gasteiger partial charge in [0, 0.05) is 36.6 Å². The first-order chi connectivity index (χ1) is 14.1. The molecular weight excluding hydrogens is 390 g/mol. The molecule has 2 saturated heterocycles. The minimum atomic E-state index is -0.342. The summed E-state index contributed by atoms with van der Waals surface area (Å²) >= 11 is 6.39. The van der Waals surface area contributed by atoms with Gasteiger partial charge in [-0.3, -0.25) is 14.9 Å². The third-order valence-electron chi connectivity index (χ3n) is 6.06. The number of nitrogens with zero attached hydrogens (tertiary/aromatic N) is 3. The average molecular weight is 414 g/mol. The summed E-state index contributed by atoms with van der Waals surface area (Å²) in [5, 5.41) is 12.0. The Morgan fingerprint density at radius 1 is 1.00 bits per heavy atom. The molecule has 2 heterocycles. The van der Waals surface area contributed by atoms with E-state index in [4.69, 9.17) is 11.6 Å². The van der Waals surface area contributed by atoms with E-state index in [2.05, 4.69) is 0 Å². The van der Waals surface area contributed by atoms with Crippen LogP contribution in [0.3, 0.4) is 0 Å². The highest BCUT2D eigenvalue weighted by Crippen LogP contribution is 2.38. The van der Waals surface area contributed by atoms with Crippen molar-refractivity contribution in [3.63, 3.8) is 0 Å². The Kier molecular flexibility index (Phi) is 5.72. The fraction of sp³-hybridized carbons (Fsp3) is 0.409. The molecule has 0 unspecified atom stereocenters. The second kappa shape index (κ2) is 8.41. The predicted octanol–water partition coefficient (Wildman–Crippen LogP) is 4.83. The molecule has 2 aliphatic rings. The maximum atomic E-state index is 13.3. The number of hydrogen-bond acceptors (Lipinski definition) is 4.